The predicted molar refractivity (Wildman–Crippen MR) is 68.4 cm³/mol. The summed E-state index contributed by atoms with van der Waals surface area (Å²) in [7, 11) is 1.69. The molecular weight excluding hydrogens is 256 g/mol. The minimum atomic E-state index is -1.10. The number of anilines is 1. The van der Waals surface area contributed by atoms with Gasteiger partial charge in [-0.25, -0.2) is 9.78 Å². The van der Waals surface area contributed by atoms with Crippen LogP contribution in [0, 0.1) is 5.92 Å². The van der Waals surface area contributed by atoms with E-state index < -0.39 is 5.97 Å². The first kappa shape index (κ1) is 13.1. The van der Waals surface area contributed by atoms with Gasteiger partial charge >= 0.3 is 5.97 Å². The van der Waals surface area contributed by atoms with Crippen LogP contribution in [0.25, 0.3) is 0 Å². The summed E-state index contributed by atoms with van der Waals surface area (Å²) in [4.78, 5) is 17.1. The highest BCUT2D eigenvalue weighted by Gasteiger charge is 2.24. The SMILES string of the molecule is COCC1CCN(c2ccc(Cl)c(C(=O)O)n2)C1. The number of carboxylic acid groups (broad SMARTS) is 1. The Labute approximate surface area is 110 Å². The van der Waals surface area contributed by atoms with E-state index in [9.17, 15) is 4.79 Å². The lowest BCUT2D eigenvalue weighted by molar-refractivity contribution is 0.0691. The van der Waals surface area contributed by atoms with Crippen LogP contribution < -0.4 is 4.90 Å². The maximum absolute atomic E-state index is 11.0. The van der Waals surface area contributed by atoms with E-state index in [-0.39, 0.29) is 10.7 Å². The van der Waals surface area contributed by atoms with Crippen LogP contribution in [-0.2, 0) is 4.74 Å². The van der Waals surface area contributed by atoms with E-state index in [1.54, 1.807) is 19.2 Å². The van der Waals surface area contributed by atoms with E-state index in [1.807, 2.05) is 0 Å². The lowest BCUT2D eigenvalue weighted by atomic mass is 10.1. The highest BCUT2D eigenvalue weighted by molar-refractivity contribution is 6.33. The quantitative estimate of drug-likeness (QED) is 0.905. The van der Waals surface area contributed by atoms with Crippen LogP contribution in [0.3, 0.4) is 0 Å². The topological polar surface area (TPSA) is 62.7 Å². The predicted octanol–water partition coefficient (Wildman–Crippen LogP) is 1.91. The average Bonchev–Trinajstić information content (AvgIpc) is 2.78. The molecule has 6 heteroatoms. The molecule has 1 aromatic rings. The van der Waals surface area contributed by atoms with Crippen molar-refractivity contribution >= 4 is 23.4 Å². The summed E-state index contributed by atoms with van der Waals surface area (Å²) in [6, 6.07) is 3.33. The fourth-order valence-corrected chi connectivity index (χ4v) is 2.36. The smallest absolute Gasteiger partial charge is 0.356 e. The van der Waals surface area contributed by atoms with Crippen LogP contribution in [0.2, 0.25) is 5.02 Å². The van der Waals surface area contributed by atoms with Crippen molar-refractivity contribution in [1.29, 1.82) is 0 Å². The fraction of sp³-hybridized carbons (Fsp3) is 0.500. The molecule has 1 fully saturated rings. The molecule has 2 heterocycles. The molecule has 5 nitrogen and oxygen atoms in total. The molecule has 2 rings (SSSR count). The van der Waals surface area contributed by atoms with Crippen molar-refractivity contribution in [2.24, 2.45) is 5.92 Å². The number of hydrogen-bond donors (Lipinski definition) is 1. The molecule has 1 aliphatic heterocycles. The van der Waals surface area contributed by atoms with E-state index in [0.717, 1.165) is 26.1 Å². The van der Waals surface area contributed by atoms with Crippen molar-refractivity contribution in [3.8, 4) is 0 Å². The summed E-state index contributed by atoms with van der Waals surface area (Å²) in [5.74, 6) is 0.0330. The Bertz CT molecular complexity index is 453. The molecule has 0 radical (unpaired) electrons. The first-order chi connectivity index (χ1) is 8.61. The minimum Gasteiger partial charge on any atom is -0.476 e. The van der Waals surface area contributed by atoms with Crippen molar-refractivity contribution in [2.45, 2.75) is 6.42 Å². The molecule has 1 N–H and O–H groups in total. The Morgan fingerprint density at radius 2 is 2.44 bits per heavy atom. The molecule has 18 heavy (non-hydrogen) atoms. The summed E-state index contributed by atoms with van der Waals surface area (Å²) in [6.07, 6.45) is 1.03. The second-order valence-corrected chi connectivity index (χ2v) is 4.77. The number of rotatable bonds is 4. The van der Waals surface area contributed by atoms with Crippen LogP contribution in [-0.4, -0.2) is 42.9 Å². The fourth-order valence-electron chi connectivity index (χ4n) is 2.17. The van der Waals surface area contributed by atoms with Crippen molar-refractivity contribution in [2.75, 3.05) is 31.7 Å². The van der Waals surface area contributed by atoms with Gasteiger partial charge in [0.2, 0.25) is 0 Å². The molecule has 1 saturated heterocycles. The maximum Gasteiger partial charge on any atom is 0.356 e. The number of carbonyl (C=O) groups is 1. The molecule has 1 atom stereocenters. The number of ether oxygens (including phenoxy) is 1. The number of aromatic carboxylic acids is 1. The van der Waals surface area contributed by atoms with Crippen LogP contribution in [0.15, 0.2) is 12.1 Å². The van der Waals surface area contributed by atoms with Gasteiger partial charge in [-0.05, 0) is 18.6 Å². The lowest BCUT2D eigenvalue weighted by Crippen LogP contribution is -2.22. The van der Waals surface area contributed by atoms with E-state index in [0.29, 0.717) is 11.7 Å². The van der Waals surface area contributed by atoms with Crippen LogP contribution in [0.5, 0.6) is 0 Å². The molecule has 0 spiro atoms. The van der Waals surface area contributed by atoms with Crippen molar-refractivity contribution in [3.05, 3.63) is 22.8 Å². The third kappa shape index (κ3) is 2.73. The van der Waals surface area contributed by atoms with E-state index in [4.69, 9.17) is 21.4 Å². The van der Waals surface area contributed by atoms with Crippen LogP contribution in [0.4, 0.5) is 5.82 Å². The van der Waals surface area contributed by atoms with Gasteiger partial charge in [-0.15, -0.1) is 0 Å². The minimum absolute atomic E-state index is 0.0932. The molecule has 0 aromatic carbocycles. The standard InChI is InChI=1S/C12H15ClN2O3/c1-18-7-8-4-5-15(6-8)10-3-2-9(13)11(14-10)12(16)17/h2-3,8H,4-7H2,1H3,(H,16,17). The van der Waals surface area contributed by atoms with Gasteiger partial charge in [0.25, 0.3) is 0 Å². The first-order valence-electron chi connectivity index (χ1n) is 5.75. The lowest BCUT2D eigenvalue weighted by Gasteiger charge is -2.18. The number of pyridine rings is 1. The Kier molecular flexibility index (Phi) is 4.04. The van der Waals surface area contributed by atoms with E-state index in [1.165, 1.54) is 0 Å². The highest BCUT2D eigenvalue weighted by atomic mass is 35.5. The Morgan fingerprint density at radius 1 is 1.67 bits per heavy atom. The molecule has 0 saturated carbocycles. The Morgan fingerprint density at radius 3 is 3.11 bits per heavy atom. The summed E-state index contributed by atoms with van der Waals surface area (Å²) >= 11 is 5.79. The van der Waals surface area contributed by atoms with Gasteiger partial charge in [0.1, 0.15) is 5.82 Å². The molecule has 98 valence electrons. The van der Waals surface area contributed by atoms with Gasteiger partial charge in [-0.3, -0.25) is 0 Å². The van der Waals surface area contributed by atoms with Crippen LogP contribution in [0.1, 0.15) is 16.9 Å². The average molecular weight is 271 g/mol. The second kappa shape index (κ2) is 5.54. The first-order valence-corrected chi connectivity index (χ1v) is 6.13. The van der Waals surface area contributed by atoms with Gasteiger partial charge in [0, 0.05) is 26.1 Å². The normalized spacial score (nSPS) is 19.2. The Hall–Kier alpha value is -1.33. The maximum atomic E-state index is 11.0. The number of aromatic nitrogens is 1. The molecular formula is C12H15ClN2O3. The summed E-state index contributed by atoms with van der Waals surface area (Å²) in [6.45, 7) is 2.42. The third-order valence-electron chi connectivity index (χ3n) is 3.05. The molecule has 0 aliphatic carbocycles. The number of carboxylic acids is 1. The monoisotopic (exact) mass is 270 g/mol. The van der Waals surface area contributed by atoms with Gasteiger partial charge in [0.05, 0.1) is 11.6 Å². The second-order valence-electron chi connectivity index (χ2n) is 4.36. The molecule has 0 bridgehead atoms. The van der Waals surface area contributed by atoms with Crippen LogP contribution >= 0.6 is 11.6 Å². The molecule has 1 aliphatic rings. The number of nitrogens with zero attached hydrogens (tertiary/aromatic N) is 2. The van der Waals surface area contributed by atoms with Crippen molar-refractivity contribution in [1.82, 2.24) is 4.98 Å². The zero-order valence-electron chi connectivity index (χ0n) is 10.1. The zero-order chi connectivity index (χ0) is 13.1. The Balaban J connectivity index is 2.15. The molecule has 1 unspecified atom stereocenters. The summed E-state index contributed by atoms with van der Waals surface area (Å²) in [5.41, 5.74) is -0.0932. The van der Waals surface area contributed by atoms with Gasteiger partial charge in [0.15, 0.2) is 5.69 Å². The number of halogens is 1. The van der Waals surface area contributed by atoms with Crippen molar-refractivity contribution in [3.63, 3.8) is 0 Å². The summed E-state index contributed by atoms with van der Waals surface area (Å²) in [5, 5.41) is 9.15. The van der Waals surface area contributed by atoms with E-state index in [2.05, 4.69) is 9.88 Å². The number of hydrogen-bond acceptors (Lipinski definition) is 4. The van der Waals surface area contributed by atoms with E-state index >= 15 is 0 Å². The molecule has 1 aromatic heterocycles. The van der Waals surface area contributed by atoms with Gasteiger partial charge < -0.3 is 14.7 Å². The third-order valence-corrected chi connectivity index (χ3v) is 3.35. The zero-order valence-corrected chi connectivity index (χ0v) is 10.9. The summed E-state index contributed by atoms with van der Waals surface area (Å²) < 4.78 is 5.13. The van der Waals surface area contributed by atoms with Gasteiger partial charge in [-0.2, -0.15) is 0 Å². The largest absolute Gasteiger partial charge is 0.476 e. The van der Waals surface area contributed by atoms with Gasteiger partial charge in [-0.1, -0.05) is 11.6 Å². The van der Waals surface area contributed by atoms with Crippen molar-refractivity contribution < 1.29 is 14.6 Å². The highest BCUT2D eigenvalue weighted by Crippen LogP contribution is 2.25. The number of methoxy groups -OCH3 is 1. The molecule has 0 amide bonds.